The molecule has 2 heterocycles. The summed E-state index contributed by atoms with van der Waals surface area (Å²) < 4.78 is 11.1. The normalized spacial score (nSPS) is 24.0. The lowest BCUT2D eigenvalue weighted by Gasteiger charge is -2.42. The third-order valence-corrected chi connectivity index (χ3v) is 6.24. The van der Waals surface area contributed by atoms with Crippen LogP contribution in [0.3, 0.4) is 0 Å². The van der Waals surface area contributed by atoms with Crippen LogP contribution in [0.1, 0.15) is 44.0 Å². The molecular weight excluding hydrogens is 446 g/mol. The molecule has 1 amide bonds. The number of amides is 1. The molecule has 0 spiro atoms. The van der Waals surface area contributed by atoms with Crippen LogP contribution >= 0.6 is 23.2 Å². The molecule has 2 saturated heterocycles. The number of rotatable bonds is 8. The van der Waals surface area contributed by atoms with Gasteiger partial charge in [-0.2, -0.15) is 0 Å². The minimum Gasteiger partial charge on any atom is -0.642 e. The largest absolute Gasteiger partial charge is 0.642 e. The minimum atomic E-state index is -2.41. The second-order valence-corrected chi connectivity index (χ2v) is 9.29. The smallest absolute Gasteiger partial charge is 0.435 e. The first kappa shape index (κ1) is 23.6. The van der Waals surface area contributed by atoms with E-state index in [1.54, 1.807) is 17.8 Å². The Labute approximate surface area is 190 Å². The molecule has 1 unspecified atom stereocenters. The Bertz CT molecular complexity index is 927. The number of nitrogens with zero attached hydrogens (tertiary/aromatic N) is 1. The van der Waals surface area contributed by atoms with Crippen molar-refractivity contribution in [3.63, 3.8) is 0 Å². The summed E-state index contributed by atoms with van der Waals surface area (Å²) in [6.45, 7) is 2.87. The molecule has 11 heteroatoms. The molecule has 0 aliphatic carbocycles. The van der Waals surface area contributed by atoms with E-state index in [2.05, 4.69) is 5.32 Å². The molecule has 1 aromatic rings. The van der Waals surface area contributed by atoms with Crippen molar-refractivity contribution in [1.82, 2.24) is 10.1 Å². The van der Waals surface area contributed by atoms with Gasteiger partial charge in [0.05, 0.1) is 29.7 Å². The molecule has 2 fully saturated rings. The van der Waals surface area contributed by atoms with Gasteiger partial charge in [0, 0.05) is 5.02 Å². The summed E-state index contributed by atoms with van der Waals surface area (Å²) in [7, 11) is 0. The fraction of sp³-hybridized carbons (Fsp3) is 0.500. The molecule has 0 saturated carbocycles. The predicted octanol–water partition coefficient (Wildman–Crippen LogP) is 2.84. The van der Waals surface area contributed by atoms with Crippen molar-refractivity contribution in [2.24, 2.45) is 5.92 Å². The molecule has 1 aromatic carbocycles. The van der Waals surface area contributed by atoms with Gasteiger partial charge in [0.25, 0.3) is 17.8 Å². The summed E-state index contributed by atoms with van der Waals surface area (Å²) in [5.41, 5.74) is 0.165. The van der Waals surface area contributed by atoms with Crippen molar-refractivity contribution in [1.29, 1.82) is 0 Å². The summed E-state index contributed by atoms with van der Waals surface area (Å²) in [4.78, 5) is 51.0. The Balaban J connectivity index is 1.72. The van der Waals surface area contributed by atoms with Gasteiger partial charge in [-0.1, -0.05) is 49.3 Å². The van der Waals surface area contributed by atoms with Gasteiger partial charge in [0.2, 0.25) is 0 Å². The lowest BCUT2D eigenvalue weighted by atomic mass is 9.53. The van der Waals surface area contributed by atoms with Crippen molar-refractivity contribution < 1.29 is 28.5 Å². The zero-order valence-corrected chi connectivity index (χ0v) is 19.0. The fourth-order valence-corrected chi connectivity index (χ4v) is 4.67. The SMILES string of the molecule is CC(C)C[C@H](CC(=O)CNC(=O)c1cc(Cl)ccc1Cl)[B-]12OC(=O)CN1[C@@H](C)C(=O)O2. The molecule has 2 aliphatic rings. The van der Waals surface area contributed by atoms with Gasteiger partial charge in [-0.15, -0.1) is 0 Å². The first-order valence-electron chi connectivity index (χ1n) is 10.1. The molecule has 31 heavy (non-hydrogen) atoms. The van der Waals surface area contributed by atoms with Crippen molar-refractivity contribution in [3.8, 4) is 0 Å². The third-order valence-electron chi connectivity index (χ3n) is 5.68. The number of fused-ring (bicyclic) bond motifs is 1. The lowest BCUT2D eigenvalue weighted by Crippen LogP contribution is -2.54. The van der Waals surface area contributed by atoms with Crippen LogP contribution in [0.5, 0.6) is 0 Å². The van der Waals surface area contributed by atoms with E-state index in [-0.39, 0.29) is 41.8 Å². The van der Waals surface area contributed by atoms with Gasteiger partial charge in [0.1, 0.15) is 5.78 Å². The maximum Gasteiger partial charge on any atom is 0.435 e. The van der Waals surface area contributed by atoms with Crippen LogP contribution in [-0.4, -0.2) is 54.3 Å². The highest BCUT2D eigenvalue weighted by Crippen LogP contribution is 2.44. The second kappa shape index (κ2) is 9.18. The Morgan fingerprint density at radius 2 is 1.97 bits per heavy atom. The van der Waals surface area contributed by atoms with Crippen LogP contribution in [0.2, 0.25) is 15.9 Å². The van der Waals surface area contributed by atoms with Gasteiger partial charge in [-0.3, -0.25) is 19.2 Å². The molecule has 0 radical (unpaired) electrons. The Morgan fingerprint density at radius 1 is 1.26 bits per heavy atom. The quantitative estimate of drug-likeness (QED) is 0.584. The maximum atomic E-state index is 12.7. The van der Waals surface area contributed by atoms with Gasteiger partial charge in [-0.05, 0) is 37.5 Å². The van der Waals surface area contributed by atoms with Crippen LogP contribution in [0.4, 0.5) is 0 Å². The number of ketones is 1. The van der Waals surface area contributed by atoms with E-state index < -0.39 is 36.4 Å². The molecule has 8 nitrogen and oxygen atoms in total. The van der Waals surface area contributed by atoms with E-state index in [1.807, 2.05) is 13.8 Å². The molecule has 168 valence electrons. The van der Waals surface area contributed by atoms with Crippen molar-refractivity contribution >= 4 is 53.5 Å². The predicted molar refractivity (Wildman–Crippen MR) is 116 cm³/mol. The molecule has 0 aromatic heterocycles. The average molecular weight is 470 g/mol. The summed E-state index contributed by atoms with van der Waals surface area (Å²) in [6, 6.07) is 3.85. The van der Waals surface area contributed by atoms with Crippen molar-refractivity contribution in [2.75, 3.05) is 13.1 Å². The van der Waals surface area contributed by atoms with E-state index in [0.717, 1.165) is 0 Å². The topological polar surface area (TPSA) is 102 Å². The molecule has 1 N–H and O–H groups in total. The standard InChI is InChI=1S/C20H24BCl2N2O6/c1-11(2)6-13(21-25(10-18(27)30-21)12(3)20(29)31-21)7-15(26)9-24-19(28)16-8-14(22)4-5-17(16)23/h4-5,8,11-13H,6-7,9-10H2,1-3H3,(H,24,28)/q-1/t12-,13+,21?/m0/s1. The first-order chi connectivity index (χ1) is 14.5. The van der Waals surface area contributed by atoms with Gasteiger partial charge in [0.15, 0.2) is 0 Å². The Hall–Kier alpha value is -2.10. The number of hydrogen-bond acceptors (Lipinski definition) is 7. The monoisotopic (exact) mass is 469 g/mol. The zero-order valence-electron chi connectivity index (χ0n) is 17.5. The molecular formula is C20H24BCl2N2O6-. The molecule has 3 atom stereocenters. The van der Waals surface area contributed by atoms with Gasteiger partial charge in [-0.25, -0.2) is 0 Å². The van der Waals surface area contributed by atoms with Crippen molar-refractivity contribution in [3.05, 3.63) is 33.8 Å². The molecule has 3 rings (SSSR count). The molecule has 0 bridgehead atoms. The van der Waals surface area contributed by atoms with E-state index in [4.69, 9.17) is 32.5 Å². The number of benzene rings is 1. The van der Waals surface area contributed by atoms with Gasteiger partial charge >= 0.3 is 6.69 Å². The Morgan fingerprint density at radius 3 is 2.65 bits per heavy atom. The number of Topliss-reactive ketones (excluding diaryl/α,β-unsaturated/α-hetero) is 1. The van der Waals surface area contributed by atoms with E-state index in [9.17, 15) is 19.2 Å². The summed E-state index contributed by atoms with van der Waals surface area (Å²) >= 11 is 11.9. The number of halogens is 2. The van der Waals surface area contributed by atoms with Crippen molar-refractivity contribution in [2.45, 2.75) is 45.5 Å². The highest BCUT2D eigenvalue weighted by atomic mass is 35.5. The van der Waals surface area contributed by atoms with Crippen LogP contribution in [0, 0.1) is 5.92 Å². The van der Waals surface area contributed by atoms with E-state index >= 15 is 0 Å². The van der Waals surface area contributed by atoms with E-state index in [0.29, 0.717) is 11.4 Å². The number of carbonyl (C=O) groups is 4. The zero-order chi connectivity index (χ0) is 22.9. The summed E-state index contributed by atoms with van der Waals surface area (Å²) in [6.07, 6.45) is 0.481. The Kier molecular flexibility index (Phi) is 6.98. The highest BCUT2D eigenvalue weighted by molar-refractivity contribution is 6.72. The molecule has 2 aliphatic heterocycles. The second-order valence-electron chi connectivity index (χ2n) is 8.44. The first-order valence-corrected chi connectivity index (χ1v) is 10.9. The van der Waals surface area contributed by atoms with Gasteiger partial charge < -0.3 is 19.4 Å². The lowest BCUT2D eigenvalue weighted by molar-refractivity contribution is -0.140. The number of hydrogen-bond donors (Lipinski definition) is 1. The number of nitrogens with one attached hydrogen (secondary N) is 1. The van der Waals surface area contributed by atoms with Crippen LogP contribution in [0.25, 0.3) is 0 Å². The van der Waals surface area contributed by atoms with E-state index in [1.165, 1.54) is 12.1 Å². The van der Waals surface area contributed by atoms with Crippen LogP contribution in [-0.2, 0) is 23.7 Å². The maximum absolute atomic E-state index is 12.7. The fourth-order valence-electron chi connectivity index (χ4n) is 4.29. The highest BCUT2D eigenvalue weighted by Gasteiger charge is 2.59. The summed E-state index contributed by atoms with van der Waals surface area (Å²) in [5.74, 6) is -2.13. The third kappa shape index (κ3) is 4.89. The van der Waals surface area contributed by atoms with Crippen LogP contribution in [0.15, 0.2) is 18.2 Å². The minimum absolute atomic E-state index is 0.0223. The summed E-state index contributed by atoms with van der Waals surface area (Å²) in [5, 5.41) is 3.11. The average Bonchev–Trinajstić information content (AvgIpc) is 3.13. The number of carbonyl (C=O) groups excluding carboxylic acids is 4. The van der Waals surface area contributed by atoms with Crippen LogP contribution < -0.4 is 5.32 Å².